The smallest absolute Gasteiger partial charge is 0.337 e. The van der Waals surface area contributed by atoms with Crippen LogP contribution in [-0.4, -0.2) is 30.3 Å². The first kappa shape index (κ1) is 15.7. The van der Waals surface area contributed by atoms with Crippen molar-refractivity contribution in [2.75, 3.05) is 13.7 Å². The summed E-state index contributed by atoms with van der Waals surface area (Å²) in [6.45, 7) is 4.92. The van der Waals surface area contributed by atoms with E-state index in [4.69, 9.17) is 0 Å². The Kier molecular flexibility index (Phi) is 5.99. The van der Waals surface area contributed by atoms with Crippen LogP contribution in [0.15, 0.2) is 24.3 Å². The molecule has 0 heterocycles. The van der Waals surface area contributed by atoms with E-state index in [9.17, 15) is 9.90 Å². The summed E-state index contributed by atoms with van der Waals surface area (Å²) in [7, 11) is 1.37. The first-order valence-electron chi connectivity index (χ1n) is 6.64. The Morgan fingerprint density at radius 1 is 1.26 bits per heavy atom. The molecule has 0 bridgehead atoms. The van der Waals surface area contributed by atoms with Gasteiger partial charge >= 0.3 is 5.97 Å². The molecule has 4 heteroatoms. The second-order valence-corrected chi connectivity index (χ2v) is 4.69. The van der Waals surface area contributed by atoms with Gasteiger partial charge in [-0.2, -0.15) is 0 Å². The Hall–Kier alpha value is -1.39. The number of benzene rings is 1. The van der Waals surface area contributed by atoms with Crippen LogP contribution in [0, 0.1) is 0 Å². The number of hydrogen-bond acceptors (Lipinski definition) is 4. The van der Waals surface area contributed by atoms with Crippen LogP contribution < -0.4 is 5.32 Å². The highest BCUT2D eigenvalue weighted by Crippen LogP contribution is 2.15. The first-order chi connectivity index (χ1) is 9.10. The molecule has 0 unspecified atom stereocenters. The summed E-state index contributed by atoms with van der Waals surface area (Å²) >= 11 is 0. The molecule has 1 rings (SSSR count). The largest absolute Gasteiger partial charge is 0.465 e. The molecule has 0 aliphatic heterocycles. The van der Waals surface area contributed by atoms with Crippen molar-refractivity contribution in [3.05, 3.63) is 35.4 Å². The summed E-state index contributed by atoms with van der Waals surface area (Å²) in [5.74, 6) is -0.327. The van der Waals surface area contributed by atoms with Crippen molar-refractivity contribution in [3.8, 4) is 0 Å². The highest BCUT2D eigenvalue weighted by molar-refractivity contribution is 5.89. The maximum absolute atomic E-state index is 11.3. The number of aliphatic hydroxyl groups is 1. The van der Waals surface area contributed by atoms with Gasteiger partial charge in [0, 0.05) is 12.1 Å². The molecule has 0 amide bonds. The number of aliphatic hydroxyl groups excluding tert-OH is 1. The van der Waals surface area contributed by atoms with E-state index in [0.717, 1.165) is 18.4 Å². The first-order valence-corrected chi connectivity index (χ1v) is 6.64. The molecule has 2 N–H and O–H groups in total. The molecule has 19 heavy (non-hydrogen) atoms. The molecule has 1 aromatic rings. The lowest BCUT2D eigenvalue weighted by Crippen LogP contribution is -2.47. The molecular formula is C15H23NO3. The highest BCUT2D eigenvalue weighted by atomic mass is 16.5. The van der Waals surface area contributed by atoms with Crippen molar-refractivity contribution in [1.29, 1.82) is 0 Å². The summed E-state index contributed by atoms with van der Waals surface area (Å²) in [6, 6.07) is 7.29. The van der Waals surface area contributed by atoms with Gasteiger partial charge in [-0.3, -0.25) is 0 Å². The number of methoxy groups -OCH3 is 1. The van der Waals surface area contributed by atoms with Crippen LogP contribution >= 0.6 is 0 Å². The minimum atomic E-state index is -0.327. The number of carbonyl (C=O) groups excluding carboxylic acids is 1. The van der Waals surface area contributed by atoms with Gasteiger partial charge in [0.05, 0.1) is 19.3 Å². The van der Waals surface area contributed by atoms with Gasteiger partial charge in [-0.1, -0.05) is 26.0 Å². The minimum absolute atomic E-state index is 0.125. The average molecular weight is 265 g/mol. The van der Waals surface area contributed by atoms with Crippen LogP contribution in [-0.2, 0) is 11.3 Å². The number of nitrogens with one attached hydrogen (secondary N) is 1. The van der Waals surface area contributed by atoms with Crippen molar-refractivity contribution in [3.63, 3.8) is 0 Å². The maximum Gasteiger partial charge on any atom is 0.337 e. The Labute approximate surface area is 114 Å². The van der Waals surface area contributed by atoms with Gasteiger partial charge in [0.2, 0.25) is 0 Å². The monoisotopic (exact) mass is 265 g/mol. The van der Waals surface area contributed by atoms with Gasteiger partial charge in [-0.25, -0.2) is 4.79 Å². The highest BCUT2D eigenvalue weighted by Gasteiger charge is 2.23. The number of rotatable bonds is 7. The van der Waals surface area contributed by atoms with E-state index in [0.29, 0.717) is 12.1 Å². The number of carbonyl (C=O) groups is 1. The number of esters is 1. The van der Waals surface area contributed by atoms with E-state index in [1.54, 1.807) is 12.1 Å². The van der Waals surface area contributed by atoms with Crippen LogP contribution in [0.2, 0.25) is 0 Å². The molecular weight excluding hydrogens is 242 g/mol. The molecule has 1 aromatic carbocycles. The third-order valence-corrected chi connectivity index (χ3v) is 3.70. The van der Waals surface area contributed by atoms with Crippen LogP contribution in [0.5, 0.6) is 0 Å². The van der Waals surface area contributed by atoms with Crippen LogP contribution in [0.4, 0.5) is 0 Å². The molecule has 0 spiro atoms. The van der Waals surface area contributed by atoms with Crippen LogP contribution in [0.1, 0.15) is 42.6 Å². The number of ether oxygens (including phenoxy) is 1. The molecule has 0 aromatic heterocycles. The lowest BCUT2D eigenvalue weighted by Gasteiger charge is -2.31. The molecule has 0 atom stereocenters. The normalized spacial score (nSPS) is 11.4. The topological polar surface area (TPSA) is 58.6 Å². The summed E-state index contributed by atoms with van der Waals surface area (Å²) in [5.41, 5.74) is 1.40. The van der Waals surface area contributed by atoms with E-state index in [1.165, 1.54) is 7.11 Å². The molecule has 0 radical (unpaired) electrons. The summed E-state index contributed by atoms with van der Waals surface area (Å²) in [4.78, 5) is 11.3. The van der Waals surface area contributed by atoms with Crippen molar-refractivity contribution in [2.45, 2.75) is 38.8 Å². The van der Waals surface area contributed by atoms with Gasteiger partial charge in [-0.05, 0) is 30.5 Å². The molecule has 0 saturated heterocycles. The number of hydrogen-bond donors (Lipinski definition) is 2. The second kappa shape index (κ2) is 7.26. The molecule has 0 fully saturated rings. The van der Waals surface area contributed by atoms with Gasteiger partial charge in [0.1, 0.15) is 0 Å². The van der Waals surface area contributed by atoms with E-state index in [1.807, 2.05) is 12.1 Å². The van der Waals surface area contributed by atoms with Crippen LogP contribution in [0.25, 0.3) is 0 Å². The van der Waals surface area contributed by atoms with Crippen molar-refractivity contribution in [1.82, 2.24) is 5.32 Å². The molecule has 106 valence electrons. The third kappa shape index (κ3) is 4.04. The Bertz CT molecular complexity index is 388. The lowest BCUT2D eigenvalue weighted by atomic mass is 9.93. The van der Waals surface area contributed by atoms with Crippen molar-refractivity contribution in [2.24, 2.45) is 0 Å². The van der Waals surface area contributed by atoms with Crippen molar-refractivity contribution < 1.29 is 14.6 Å². The third-order valence-electron chi connectivity index (χ3n) is 3.70. The quantitative estimate of drug-likeness (QED) is 0.741. The zero-order valence-corrected chi connectivity index (χ0v) is 11.9. The minimum Gasteiger partial charge on any atom is -0.465 e. The molecule has 0 aliphatic rings. The predicted molar refractivity (Wildman–Crippen MR) is 75.0 cm³/mol. The zero-order chi connectivity index (χ0) is 14.3. The fraction of sp³-hybridized carbons (Fsp3) is 0.533. The Morgan fingerprint density at radius 3 is 2.26 bits per heavy atom. The molecule has 0 aliphatic carbocycles. The van der Waals surface area contributed by atoms with Gasteiger partial charge in [-0.15, -0.1) is 0 Å². The van der Waals surface area contributed by atoms with E-state index in [2.05, 4.69) is 23.9 Å². The van der Waals surface area contributed by atoms with Gasteiger partial charge in [0.25, 0.3) is 0 Å². The van der Waals surface area contributed by atoms with Crippen LogP contribution in [0.3, 0.4) is 0 Å². The van der Waals surface area contributed by atoms with E-state index >= 15 is 0 Å². The van der Waals surface area contributed by atoms with E-state index < -0.39 is 0 Å². The molecule has 0 saturated carbocycles. The maximum atomic E-state index is 11.3. The van der Waals surface area contributed by atoms with Gasteiger partial charge < -0.3 is 15.2 Å². The Balaban J connectivity index is 2.66. The average Bonchev–Trinajstić information content (AvgIpc) is 2.49. The lowest BCUT2D eigenvalue weighted by molar-refractivity contribution is 0.0600. The Morgan fingerprint density at radius 2 is 1.84 bits per heavy atom. The fourth-order valence-corrected chi connectivity index (χ4v) is 1.95. The SMILES string of the molecule is CCC(CC)(CO)NCc1ccc(C(=O)OC)cc1. The van der Waals surface area contributed by atoms with Crippen molar-refractivity contribution >= 4 is 5.97 Å². The second-order valence-electron chi connectivity index (χ2n) is 4.69. The summed E-state index contributed by atoms with van der Waals surface area (Å²) in [6.07, 6.45) is 1.75. The fourth-order valence-electron chi connectivity index (χ4n) is 1.95. The summed E-state index contributed by atoms with van der Waals surface area (Å²) in [5, 5.41) is 12.9. The predicted octanol–water partition coefficient (Wildman–Crippen LogP) is 2.11. The molecule has 4 nitrogen and oxygen atoms in total. The van der Waals surface area contributed by atoms with Gasteiger partial charge in [0.15, 0.2) is 0 Å². The summed E-state index contributed by atoms with van der Waals surface area (Å²) < 4.78 is 4.65. The standard InChI is InChI=1S/C15H23NO3/c1-4-15(5-2,11-17)16-10-12-6-8-13(9-7-12)14(18)19-3/h6-9,16-17H,4-5,10-11H2,1-3H3. The zero-order valence-electron chi connectivity index (χ0n) is 11.9. The van der Waals surface area contributed by atoms with E-state index in [-0.39, 0.29) is 18.1 Å².